The molecule has 0 aliphatic carbocycles. The number of aromatic nitrogens is 1. The molecule has 1 rings (SSSR count). The first-order valence-electron chi connectivity index (χ1n) is 3.83. The highest BCUT2D eigenvalue weighted by Crippen LogP contribution is 2.29. The molecule has 0 aromatic carbocycles. The van der Waals surface area contributed by atoms with Crippen LogP contribution < -0.4 is 5.73 Å². The zero-order valence-corrected chi connectivity index (χ0v) is 8.35. The minimum absolute atomic E-state index is 0. The highest BCUT2D eigenvalue weighted by molar-refractivity contribution is 5.85. The lowest BCUT2D eigenvalue weighted by Gasteiger charge is -2.21. The minimum Gasteiger partial charge on any atom is -0.390 e. The summed E-state index contributed by atoms with van der Waals surface area (Å²) in [4.78, 5) is 3.19. The highest BCUT2D eigenvalue weighted by Gasteiger charge is 2.38. The maximum absolute atomic E-state index is 12.9. The molecule has 1 aromatic heterocycles. The first-order valence-corrected chi connectivity index (χ1v) is 3.83. The summed E-state index contributed by atoms with van der Waals surface area (Å²) < 4.78 is 38.6. The number of rotatable bonds is 3. The summed E-state index contributed by atoms with van der Waals surface area (Å²) in [6.07, 6.45) is 1.13. The molecule has 15 heavy (non-hydrogen) atoms. The van der Waals surface area contributed by atoms with Crippen molar-refractivity contribution in [3.8, 4) is 0 Å². The summed E-state index contributed by atoms with van der Waals surface area (Å²) in [5.74, 6) is -4.60. The number of hydrogen-bond donors (Lipinski definition) is 2. The topological polar surface area (TPSA) is 59.1 Å². The third-order valence-electron chi connectivity index (χ3n) is 1.79. The normalized spacial score (nSPS) is 13.1. The fraction of sp³-hybridized carbons (Fsp3) is 0.375. The fourth-order valence-electron chi connectivity index (χ4n) is 0.956. The van der Waals surface area contributed by atoms with Crippen LogP contribution in [0.1, 0.15) is 11.6 Å². The van der Waals surface area contributed by atoms with Gasteiger partial charge in [0.2, 0.25) is 5.95 Å². The second kappa shape index (κ2) is 5.29. The maximum Gasteiger partial charge on any atom is 0.289 e. The molecule has 0 unspecified atom stereocenters. The van der Waals surface area contributed by atoms with Crippen molar-refractivity contribution in [3.63, 3.8) is 0 Å². The van der Waals surface area contributed by atoms with Crippen LogP contribution in [0.15, 0.2) is 18.3 Å². The molecule has 0 saturated heterocycles. The van der Waals surface area contributed by atoms with E-state index >= 15 is 0 Å². The summed E-state index contributed by atoms with van der Waals surface area (Å²) >= 11 is 0. The standard InChI is InChI=1S/C8H9F3N2O.ClH/c9-7-5(2-1-3-13-7)6(12)8(10,11)4-14;/h1-3,6,14H,4,12H2;1H/t6-;/m0./s1. The molecule has 0 spiro atoms. The van der Waals surface area contributed by atoms with Crippen molar-refractivity contribution < 1.29 is 18.3 Å². The molecule has 1 atom stereocenters. The van der Waals surface area contributed by atoms with Gasteiger partial charge in [0.05, 0.1) is 0 Å². The van der Waals surface area contributed by atoms with Gasteiger partial charge in [0, 0.05) is 11.8 Å². The average molecular weight is 243 g/mol. The number of aliphatic hydroxyl groups excluding tert-OH is 1. The van der Waals surface area contributed by atoms with Crippen molar-refractivity contribution >= 4 is 12.4 Å². The van der Waals surface area contributed by atoms with Crippen LogP contribution in [0.25, 0.3) is 0 Å². The molecule has 0 saturated carbocycles. The molecular formula is C8H10ClF3N2O. The Balaban J connectivity index is 0.00000196. The molecule has 1 aromatic rings. The Morgan fingerprint density at radius 2 is 2.13 bits per heavy atom. The summed E-state index contributed by atoms with van der Waals surface area (Å²) in [6.45, 7) is -1.43. The number of nitrogens with two attached hydrogens (primary N) is 1. The number of alkyl halides is 2. The molecule has 7 heteroatoms. The van der Waals surface area contributed by atoms with Crippen LogP contribution in [0.3, 0.4) is 0 Å². The van der Waals surface area contributed by atoms with E-state index in [1.807, 2.05) is 0 Å². The second-order valence-corrected chi connectivity index (χ2v) is 2.78. The maximum atomic E-state index is 12.9. The third-order valence-corrected chi connectivity index (χ3v) is 1.79. The van der Waals surface area contributed by atoms with Gasteiger partial charge in [-0.05, 0) is 6.07 Å². The lowest BCUT2D eigenvalue weighted by molar-refractivity contribution is -0.0720. The van der Waals surface area contributed by atoms with E-state index < -0.39 is 30.1 Å². The third kappa shape index (κ3) is 3.05. The lowest BCUT2D eigenvalue weighted by Crippen LogP contribution is -2.36. The summed E-state index contributed by atoms with van der Waals surface area (Å²) in [6, 6.07) is 0.517. The Morgan fingerprint density at radius 3 is 2.60 bits per heavy atom. The lowest BCUT2D eigenvalue weighted by atomic mass is 10.0. The quantitative estimate of drug-likeness (QED) is 0.785. The largest absolute Gasteiger partial charge is 0.390 e. The van der Waals surface area contributed by atoms with Crippen LogP contribution in [0, 0.1) is 5.95 Å². The van der Waals surface area contributed by atoms with Crippen molar-refractivity contribution in [2.45, 2.75) is 12.0 Å². The van der Waals surface area contributed by atoms with Crippen molar-refractivity contribution in [1.29, 1.82) is 0 Å². The molecule has 0 amide bonds. The molecule has 0 bridgehead atoms. The van der Waals surface area contributed by atoms with Gasteiger partial charge in [0.25, 0.3) is 5.92 Å². The highest BCUT2D eigenvalue weighted by atomic mass is 35.5. The average Bonchev–Trinajstić information content (AvgIpc) is 2.17. The van der Waals surface area contributed by atoms with Crippen LogP contribution in [0.4, 0.5) is 13.2 Å². The van der Waals surface area contributed by atoms with E-state index in [1.54, 1.807) is 0 Å². The molecule has 0 aliphatic heterocycles. The fourth-order valence-corrected chi connectivity index (χ4v) is 0.956. The first kappa shape index (κ1) is 14.2. The summed E-state index contributed by atoms with van der Waals surface area (Å²) in [7, 11) is 0. The van der Waals surface area contributed by atoms with Crippen LogP contribution in [-0.2, 0) is 0 Å². The van der Waals surface area contributed by atoms with E-state index in [1.165, 1.54) is 6.07 Å². The first-order chi connectivity index (χ1) is 6.49. The Morgan fingerprint density at radius 1 is 1.53 bits per heavy atom. The number of aliphatic hydroxyl groups is 1. The predicted molar refractivity (Wildman–Crippen MR) is 50.4 cm³/mol. The summed E-state index contributed by atoms with van der Waals surface area (Å²) in [5.41, 5.74) is 4.68. The molecule has 0 fully saturated rings. The number of nitrogens with zero attached hydrogens (tertiary/aromatic N) is 1. The summed E-state index contributed by atoms with van der Waals surface area (Å²) in [5, 5.41) is 8.34. The van der Waals surface area contributed by atoms with E-state index in [0.29, 0.717) is 0 Å². The molecule has 86 valence electrons. The van der Waals surface area contributed by atoms with Gasteiger partial charge in [-0.2, -0.15) is 4.39 Å². The van der Waals surface area contributed by atoms with E-state index in [2.05, 4.69) is 4.98 Å². The van der Waals surface area contributed by atoms with E-state index in [9.17, 15) is 13.2 Å². The smallest absolute Gasteiger partial charge is 0.289 e. The number of hydrogen-bond acceptors (Lipinski definition) is 3. The van der Waals surface area contributed by atoms with Crippen molar-refractivity contribution in [3.05, 3.63) is 29.8 Å². The number of pyridine rings is 1. The van der Waals surface area contributed by atoms with Gasteiger partial charge < -0.3 is 10.8 Å². The van der Waals surface area contributed by atoms with Gasteiger partial charge in [-0.3, -0.25) is 0 Å². The van der Waals surface area contributed by atoms with Gasteiger partial charge in [-0.25, -0.2) is 13.8 Å². The Bertz CT molecular complexity index is 325. The van der Waals surface area contributed by atoms with Gasteiger partial charge in [0.1, 0.15) is 12.6 Å². The predicted octanol–water partition coefficient (Wildman–Crippen LogP) is 1.27. The molecule has 0 aliphatic rings. The van der Waals surface area contributed by atoms with E-state index in [-0.39, 0.29) is 12.4 Å². The van der Waals surface area contributed by atoms with Crippen molar-refractivity contribution in [2.75, 3.05) is 6.61 Å². The van der Waals surface area contributed by atoms with Crippen LogP contribution >= 0.6 is 12.4 Å². The second-order valence-electron chi connectivity index (χ2n) is 2.78. The van der Waals surface area contributed by atoms with Crippen molar-refractivity contribution in [1.82, 2.24) is 4.98 Å². The number of halogens is 4. The van der Waals surface area contributed by atoms with E-state index in [0.717, 1.165) is 12.3 Å². The Labute approximate surface area is 90.5 Å². The van der Waals surface area contributed by atoms with Crippen LogP contribution in [0.2, 0.25) is 0 Å². The van der Waals surface area contributed by atoms with Gasteiger partial charge in [-0.15, -0.1) is 12.4 Å². The zero-order chi connectivity index (χ0) is 10.8. The molecule has 0 radical (unpaired) electrons. The van der Waals surface area contributed by atoms with Crippen LogP contribution in [0.5, 0.6) is 0 Å². The van der Waals surface area contributed by atoms with E-state index in [4.69, 9.17) is 10.8 Å². The Kier molecular flexibility index (Phi) is 4.99. The SMILES string of the molecule is Cl.N[C@@H](c1cccnc1F)C(F)(F)CO. The van der Waals surface area contributed by atoms with Gasteiger partial charge in [-0.1, -0.05) is 6.07 Å². The molecule has 1 heterocycles. The molecular weight excluding hydrogens is 233 g/mol. The zero-order valence-electron chi connectivity index (χ0n) is 7.53. The van der Waals surface area contributed by atoms with Gasteiger partial charge >= 0.3 is 0 Å². The molecule has 3 N–H and O–H groups in total. The monoisotopic (exact) mass is 242 g/mol. The minimum atomic E-state index is -3.55. The molecule has 3 nitrogen and oxygen atoms in total. The van der Waals surface area contributed by atoms with Gasteiger partial charge in [0.15, 0.2) is 0 Å². The Hall–Kier alpha value is -0.850. The van der Waals surface area contributed by atoms with Crippen molar-refractivity contribution in [2.24, 2.45) is 5.73 Å². The van der Waals surface area contributed by atoms with Crippen LogP contribution in [-0.4, -0.2) is 22.6 Å².